The summed E-state index contributed by atoms with van der Waals surface area (Å²) in [4.78, 5) is 11.1. The molecule has 100 valence electrons. The zero-order valence-electron chi connectivity index (χ0n) is 10.0. The zero-order valence-corrected chi connectivity index (χ0v) is 10.9. The number of rotatable bonds is 3. The molecule has 0 amide bonds. The highest BCUT2D eigenvalue weighted by Gasteiger charge is 2.16. The van der Waals surface area contributed by atoms with Crippen molar-refractivity contribution in [3.8, 4) is 11.5 Å². The van der Waals surface area contributed by atoms with E-state index in [1.165, 1.54) is 7.11 Å². The van der Waals surface area contributed by atoms with E-state index in [2.05, 4.69) is 4.74 Å². The minimum Gasteiger partial charge on any atom is -0.486 e. The lowest BCUT2D eigenvalue weighted by Crippen LogP contribution is -2.18. The molecule has 2 rings (SSSR count). The molecular weight excluding hydrogens is 258 g/mol. The quantitative estimate of drug-likeness (QED) is 0.844. The summed E-state index contributed by atoms with van der Waals surface area (Å²) in [5.41, 5.74) is 6.74. The molecule has 1 aromatic rings. The molecule has 2 N–H and O–H groups in total. The Bertz CT molecular complexity index is 425. The van der Waals surface area contributed by atoms with Gasteiger partial charge in [-0.3, -0.25) is 4.79 Å². The molecule has 1 aliphatic heterocycles. The molecule has 1 aromatic carbocycles. The van der Waals surface area contributed by atoms with Crippen molar-refractivity contribution in [1.29, 1.82) is 0 Å². The molecule has 0 radical (unpaired) electrons. The molecular formula is C12H16ClNO4. The van der Waals surface area contributed by atoms with Gasteiger partial charge in [-0.1, -0.05) is 6.07 Å². The van der Waals surface area contributed by atoms with Crippen molar-refractivity contribution in [2.75, 3.05) is 20.3 Å². The Kier molecular flexibility index (Phi) is 5.25. The number of halogens is 1. The normalized spacial score (nSPS) is 14.3. The maximum Gasteiger partial charge on any atom is 0.307 e. The molecule has 1 unspecified atom stereocenters. The molecule has 0 fully saturated rings. The van der Waals surface area contributed by atoms with Crippen molar-refractivity contribution < 1.29 is 19.0 Å². The second-order valence-electron chi connectivity index (χ2n) is 3.79. The molecule has 5 nitrogen and oxygen atoms in total. The number of nitrogens with two attached hydrogens (primary N) is 1. The lowest BCUT2D eigenvalue weighted by atomic mass is 10.0. The van der Waals surface area contributed by atoms with Gasteiger partial charge in [0.15, 0.2) is 11.5 Å². The third kappa shape index (κ3) is 3.27. The minimum absolute atomic E-state index is 0. The number of carbonyl (C=O) groups is 1. The number of carbonyl (C=O) groups excluding carboxylic acids is 1. The summed E-state index contributed by atoms with van der Waals surface area (Å²) in [5, 5.41) is 0. The smallest absolute Gasteiger partial charge is 0.307 e. The standard InChI is InChI=1S/C12H15NO4.ClH/c1-15-12(14)7-9(13)8-2-3-10-11(6-8)17-5-4-16-10;/h2-3,6,9H,4-5,7,13H2,1H3;1H. The lowest BCUT2D eigenvalue weighted by Gasteiger charge is -2.20. The molecule has 1 atom stereocenters. The van der Waals surface area contributed by atoms with Gasteiger partial charge >= 0.3 is 5.97 Å². The Morgan fingerprint density at radius 1 is 1.39 bits per heavy atom. The molecule has 0 bridgehead atoms. The molecule has 1 heterocycles. The van der Waals surface area contributed by atoms with Crippen LogP contribution in [-0.4, -0.2) is 26.3 Å². The van der Waals surface area contributed by atoms with Crippen LogP contribution in [0.3, 0.4) is 0 Å². The van der Waals surface area contributed by atoms with Crippen molar-refractivity contribution in [1.82, 2.24) is 0 Å². The second-order valence-corrected chi connectivity index (χ2v) is 3.79. The van der Waals surface area contributed by atoms with Crippen molar-refractivity contribution in [3.63, 3.8) is 0 Å². The summed E-state index contributed by atoms with van der Waals surface area (Å²) < 4.78 is 15.4. The van der Waals surface area contributed by atoms with Gasteiger partial charge in [-0.15, -0.1) is 12.4 Å². The molecule has 18 heavy (non-hydrogen) atoms. The fraction of sp³-hybridized carbons (Fsp3) is 0.417. The van der Waals surface area contributed by atoms with Crippen LogP contribution in [0.25, 0.3) is 0 Å². The Morgan fingerprint density at radius 2 is 2.06 bits per heavy atom. The highest BCUT2D eigenvalue weighted by Crippen LogP contribution is 2.32. The maximum atomic E-state index is 11.1. The first kappa shape index (κ1) is 14.6. The number of hydrogen-bond donors (Lipinski definition) is 1. The summed E-state index contributed by atoms with van der Waals surface area (Å²) in [6.45, 7) is 1.09. The van der Waals surface area contributed by atoms with Crippen molar-refractivity contribution in [3.05, 3.63) is 23.8 Å². The number of methoxy groups -OCH3 is 1. The van der Waals surface area contributed by atoms with Crippen LogP contribution in [0.1, 0.15) is 18.0 Å². The fourth-order valence-corrected chi connectivity index (χ4v) is 1.67. The van der Waals surface area contributed by atoms with Crippen LogP contribution in [0.2, 0.25) is 0 Å². The van der Waals surface area contributed by atoms with Crippen LogP contribution in [0.5, 0.6) is 11.5 Å². The molecule has 0 saturated carbocycles. The summed E-state index contributed by atoms with van der Waals surface area (Å²) in [6, 6.07) is 5.06. The Balaban J connectivity index is 0.00000162. The van der Waals surface area contributed by atoms with Crippen LogP contribution >= 0.6 is 12.4 Å². The first-order valence-corrected chi connectivity index (χ1v) is 5.42. The van der Waals surface area contributed by atoms with Crippen molar-refractivity contribution in [2.45, 2.75) is 12.5 Å². The fourth-order valence-electron chi connectivity index (χ4n) is 1.67. The lowest BCUT2D eigenvalue weighted by molar-refractivity contribution is -0.141. The first-order chi connectivity index (χ1) is 8.20. The third-order valence-corrected chi connectivity index (χ3v) is 2.61. The summed E-state index contributed by atoms with van der Waals surface area (Å²) >= 11 is 0. The zero-order chi connectivity index (χ0) is 12.3. The van der Waals surface area contributed by atoms with Crippen molar-refractivity contribution >= 4 is 18.4 Å². The minimum atomic E-state index is -0.390. The topological polar surface area (TPSA) is 70.8 Å². The number of ether oxygens (including phenoxy) is 3. The van der Waals surface area contributed by atoms with Crippen LogP contribution < -0.4 is 15.2 Å². The predicted octanol–water partition coefficient (Wildman–Crippen LogP) is 1.44. The average molecular weight is 274 g/mol. The summed E-state index contributed by atoms with van der Waals surface area (Å²) in [6.07, 6.45) is 0.149. The van der Waals surface area contributed by atoms with Gasteiger partial charge in [0, 0.05) is 6.04 Å². The van der Waals surface area contributed by atoms with Crippen LogP contribution in [0, 0.1) is 0 Å². The van der Waals surface area contributed by atoms with Gasteiger partial charge < -0.3 is 19.9 Å². The van der Waals surface area contributed by atoms with E-state index in [9.17, 15) is 4.79 Å². The maximum absolute atomic E-state index is 11.1. The van der Waals surface area contributed by atoms with Crippen LogP contribution in [0.4, 0.5) is 0 Å². The summed E-state index contributed by atoms with van der Waals surface area (Å²) in [5.74, 6) is 1.06. The average Bonchev–Trinajstić information content (AvgIpc) is 2.38. The Morgan fingerprint density at radius 3 is 2.72 bits per heavy atom. The van der Waals surface area contributed by atoms with E-state index in [-0.39, 0.29) is 24.8 Å². The Labute approximate surface area is 112 Å². The van der Waals surface area contributed by atoms with Gasteiger partial charge in [0.05, 0.1) is 13.5 Å². The molecule has 6 heteroatoms. The SMILES string of the molecule is COC(=O)CC(N)c1ccc2c(c1)OCCO2.Cl. The van der Waals surface area contributed by atoms with Gasteiger partial charge in [-0.05, 0) is 17.7 Å². The van der Waals surface area contributed by atoms with Gasteiger partial charge in [0.25, 0.3) is 0 Å². The first-order valence-electron chi connectivity index (χ1n) is 5.42. The van der Waals surface area contributed by atoms with Gasteiger partial charge in [-0.2, -0.15) is 0 Å². The predicted molar refractivity (Wildman–Crippen MR) is 68.2 cm³/mol. The molecule has 0 saturated heterocycles. The molecule has 0 aliphatic carbocycles. The van der Waals surface area contributed by atoms with E-state index in [1.54, 1.807) is 6.07 Å². The van der Waals surface area contributed by atoms with Gasteiger partial charge in [0.1, 0.15) is 13.2 Å². The highest BCUT2D eigenvalue weighted by molar-refractivity contribution is 5.85. The molecule has 0 spiro atoms. The van der Waals surface area contributed by atoms with E-state index < -0.39 is 6.04 Å². The number of hydrogen-bond acceptors (Lipinski definition) is 5. The number of esters is 1. The summed E-state index contributed by atoms with van der Waals surface area (Å²) in [7, 11) is 1.35. The van der Waals surface area contributed by atoms with Crippen molar-refractivity contribution in [2.24, 2.45) is 5.73 Å². The largest absolute Gasteiger partial charge is 0.486 e. The van der Waals surface area contributed by atoms with E-state index in [1.807, 2.05) is 12.1 Å². The van der Waals surface area contributed by atoms with Gasteiger partial charge in [0.2, 0.25) is 0 Å². The van der Waals surface area contributed by atoms with E-state index in [4.69, 9.17) is 15.2 Å². The highest BCUT2D eigenvalue weighted by atomic mass is 35.5. The van der Waals surface area contributed by atoms with E-state index in [0.29, 0.717) is 24.7 Å². The number of fused-ring (bicyclic) bond motifs is 1. The van der Waals surface area contributed by atoms with Crippen LogP contribution in [-0.2, 0) is 9.53 Å². The monoisotopic (exact) mass is 273 g/mol. The number of benzene rings is 1. The molecule has 1 aliphatic rings. The van der Waals surface area contributed by atoms with Gasteiger partial charge in [-0.25, -0.2) is 0 Å². The Hall–Kier alpha value is -1.46. The molecule has 0 aromatic heterocycles. The second kappa shape index (κ2) is 6.47. The van der Waals surface area contributed by atoms with Crippen LogP contribution in [0.15, 0.2) is 18.2 Å². The van der Waals surface area contributed by atoms with E-state index >= 15 is 0 Å². The third-order valence-electron chi connectivity index (χ3n) is 2.61. The van der Waals surface area contributed by atoms with E-state index in [0.717, 1.165) is 5.56 Å².